The van der Waals surface area contributed by atoms with Gasteiger partial charge < -0.3 is 18.3 Å². The summed E-state index contributed by atoms with van der Waals surface area (Å²) in [6.07, 6.45) is 5.86. The molecule has 55 heavy (non-hydrogen) atoms. The van der Waals surface area contributed by atoms with E-state index in [2.05, 4.69) is 58.7 Å². The minimum absolute atomic E-state index is 0.0738. The molecule has 0 aliphatic heterocycles. The van der Waals surface area contributed by atoms with Gasteiger partial charge in [-0.25, -0.2) is 20.2 Å². The quantitative estimate of drug-likeness (QED) is 0.134. The summed E-state index contributed by atoms with van der Waals surface area (Å²) in [5.74, 6) is 0.854. The Morgan fingerprint density at radius 3 is 1.40 bits per heavy atom. The van der Waals surface area contributed by atoms with E-state index in [4.69, 9.17) is 13.1 Å². The number of thiophene rings is 3. The van der Waals surface area contributed by atoms with Crippen LogP contribution in [0.4, 0.5) is 0 Å². The standard InChI is InChI=1S/C40H36N8O2S5/c1-9-21(5)19-47-27-13-23(15-29-37(49)45(11-3)39(53-29)25(17-41)43-7)51-33(27)35-31(47)32-36(55-35)34-28(48(32)20-22(6)10-2)14-24(52-34)16-30-38(50)46(12-4)40(54-30)26(18-42)44-8/h13-16,21-22H,9-12,19-20H2,1-6H3/b29-15-,30-16-,39-25-,40-26+. The van der Waals surface area contributed by atoms with Crippen molar-refractivity contribution in [2.75, 3.05) is 0 Å². The van der Waals surface area contributed by atoms with Crippen molar-refractivity contribution < 1.29 is 0 Å². The van der Waals surface area contributed by atoms with E-state index in [1.807, 2.05) is 38.1 Å². The molecule has 0 aromatic carbocycles. The van der Waals surface area contributed by atoms with Crippen LogP contribution in [0.1, 0.15) is 64.1 Å². The van der Waals surface area contributed by atoms with Crippen molar-refractivity contribution in [2.24, 2.45) is 11.8 Å². The van der Waals surface area contributed by atoms with Crippen molar-refractivity contribution in [3.63, 3.8) is 0 Å². The second-order valence-electron chi connectivity index (χ2n) is 13.5. The number of hydrogen-bond acceptors (Lipinski definition) is 9. The SMILES string of the molecule is [C-]#[N+]/C(C#N)=c1\s/c(=C\c2cc3c(s2)c2sc4c5sc(/C=c6\s/c(=C(\C#N)[N+]#[C-])n(CC)c6=O)cc5n(CC(C)CC)c4c2n3CC(C)CC)c(=O)n1CC. The predicted molar refractivity (Wildman–Crippen MR) is 230 cm³/mol. The molecule has 7 aromatic heterocycles. The molecule has 2 atom stereocenters. The molecular formula is C40H36N8O2S5. The van der Waals surface area contributed by atoms with Gasteiger partial charge in [-0.3, -0.25) is 9.59 Å². The van der Waals surface area contributed by atoms with Crippen LogP contribution < -0.4 is 29.5 Å². The van der Waals surface area contributed by atoms with Crippen LogP contribution in [0, 0.1) is 47.6 Å². The molecule has 278 valence electrons. The molecule has 0 fully saturated rings. The van der Waals surface area contributed by atoms with Crippen LogP contribution >= 0.6 is 56.7 Å². The first-order chi connectivity index (χ1) is 26.5. The summed E-state index contributed by atoms with van der Waals surface area (Å²) in [4.78, 5) is 35.5. The molecular weight excluding hydrogens is 785 g/mol. The Kier molecular flexibility index (Phi) is 10.6. The molecule has 0 N–H and O–H groups in total. The van der Waals surface area contributed by atoms with E-state index in [0.29, 0.717) is 43.3 Å². The minimum atomic E-state index is -0.194. The highest BCUT2D eigenvalue weighted by Crippen LogP contribution is 2.49. The van der Waals surface area contributed by atoms with Gasteiger partial charge in [0.25, 0.3) is 22.5 Å². The molecule has 0 amide bonds. The van der Waals surface area contributed by atoms with Gasteiger partial charge >= 0.3 is 0 Å². The predicted octanol–water partition coefficient (Wildman–Crippen LogP) is 7.43. The fourth-order valence-electron chi connectivity index (χ4n) is 6.86. The Morgan fingerprint density at radius 2 is 1.07 bits per heavy atom. The van der Waals surface area contributed by atoms with Gasteiger partial charge in [0.05, 0.1) is 75.2 Å². The number of rotatable bonds is 10. The second kappa shape index (κ2) is 15.3. The highest BCUT2D eigenvalue weighted by molar-refractivity contribution is 7.34. The summed E-state index contributed by atoms with van der Waals surface area (Å²) in [5, 5.41) is 19.1. The summed E-state index contributed by atoms with van der Waals surface area (Å²) in [7, 11) is 0. The molecule has 15 heteroatoms. The number of nitrogens with zero attached hydrogens (tertiary/aromatic N) is 8. The van der Waals surface area contributed by atoms with Crippen LogP contribution in [0.2, 0.25) is 0 Å². The average molecular weight is 821 g/mol. The van der Waals surface area contributed by atoms with Crippen molar-refractivity contribution in [2.45, 2.75) is 80.6 Å². The summed E-state index contributed by atoms with van der Waals surface area (Å²) < 4.78 is 14.5. The lowest BCUT2D eigenvalue weighted by Crippen LogP contribution is -2.31. The van der Waals surface area contributed by atoms with Crippen LogP contribution in [0.25, 0.3) is 74.1 Å². The molecule has 10 nitrogen and oxygen atoms in total. The lowest BCUT2D eigenvalue weighted by Gasteiger charge is -2.15. The number of fused-ring (bicyclic) bond motifs is 7. The van der Waals surface area contributed by atoms with Gasteiger partial charge in [0.1, 0.15) is 9.33 Å². The molecule has 0 bridgehead atoms. The Hall–Kier alpha value is -5.00. The number of thiazole rings is 2. The Balaban J connectivity index is 1.50. The third-order valence-electron chi connectivity index (χ3n) is 10.1. The smallest absolute Gasteiger partial charge is 0.294 e. The Labute approximate surface area is 336 Å². The van der Waals surface area contributed by atoms with Gasteiger partial charge in [-0.15, -0.1) is 56.7 Å². The third kappa shape index (κ3) is 6.31. The molecule has 7 heterocycles. The van der Waals surface area contributed by atoms with E-state index in [0.717, 1.165) is 46.7 Å². The van der Waals surface area contributed by atoms with E-state index < -0.39 is 0 Å². The summed E-state index contributed by atoms with van der Waals surface area (Å²) in [6.45, 7) is 30.0. The zero-order valence-corrected chi connectivity index (χ0v) is 35.2. The normalized spacial score (nSPS) is 14.8. The zero-order chi connectivity index (χ0) is 39.3. The molecule has 2 unspecified atom stereocenters. The van der Waals surface area contributed by atoms with E-state index in [1.54, 1.807) is 34.0 Å². The number of hydrogen-bond donors (Lipinski definition) is 0. The minimum Gasteiger partial charge on any atom is -0.337 e. The maximum atomic E-state index is 13.4. The first kappa shape index (κ1) is 38.3. The topological polar surface area (TPSA) is 110 Å². The Morgan fingerprint density at radius 1 is 0.673 bits per heavy atom. The van der Waals surface area contributed by atoms with E-state index >= 15 is 0 Å². The fraction of sp³-hybridized carbons (Fsp3) is 0.350. The lowest BCUT2D eigenvalue weighted by molar-refractivity contribution is 0.480. The summed E-state index contributed by atoms with van der Waals surface area (Å²) in [6, 6.07) is 8.26. The number of aromatic nitrogens is 4. The molecule has 0 saturated heterocycles. The third-order valence-corrected chi connectivity index (χ3v) is 16.0. The van der Waals surface area contributed by atoms with Gasteiger partial charge in [0.15, 0.2) is 0 Å². The summed E-state index contributed by atoms with van der Waals surface area (Å²) >= 11 is 7.51. The highest BCUT2D eigenvalue weighted by atomic mass is 32.1. The Bertz CT molecular complexity index is 3000. The molecule has 7 rings (SSSR count). The van der Waals surface area contributed by atoms with E-state index in [-0.39, 0.29) is 22.5 Å². The van der Waals surface area contributed by atoms with Crippen LogP contribution in [-0.2, 0) is 26.2 Å². The van der Waals surface area contributed by atoms with Crippen LogP contribution in [0.3, 0.4) is 0 Å². The van der Waals surface area contributed by atoms with E-state index in [1.165, 1.54) is 61.6 Å². The van der Waals surface area contributed by atoms with Crippen LogP contribution in [-0.4, -0.2) is 18.3 Å². The van der Waals surface area contributed by atoms with Crippen LogP contribution in [0.5, 0.6) is 0 Å². The molecule has 0 aliphatic rings. The second-order valence-corrected chi connectivity index (χ2v) is 18.8. The molecule has 0 aliphatic carbocycles. The fourth-order valence-corrected chi connectivity index (χ4v) is 13.0. The molecule has 0 radical (unpaired) electrons. The average Bonchev–Trinajstić information content (AvgIpc) is 4.04. The molecule has 0 saturated carbocycles. The lowest BCUT2D eigenvalue weighted by atomic mass is 10.1. The highest BCUT2D eigenvalue weighted by Gasteiger charge is 2.26. The van der Waals surface area contributed by atoms with Crippen LogP contribution in [0.15, 0.2) is 21.7 Å². The maximum Gasteiger partial charge on any atom is 0.294 e. The maximum absolute atomic E-state index is 13.4. The first-order valence-corrected chi connectivity index (χ1v) is 22.1. The van der Waals surface area contributed by atoms with Crippen molar-refractivity contribution in [1.82, 2.24) is 18.3 Å². The van der Waals surface area contributed by atoms with Gasteiger partial charge in [-0.2, -0.15) is 0 Å². The molecule has 7 aromatic rings. The van der Waals surface area contributed by atoms with Crippen molar-refractivity contribution in [1.29, 1.82) is 10.5 Å². The van der Waals surface area contributed by atoms with Gasteiger partial charge in [0.2, 0.25) is 0 Å². The van der Waals surface area contributed by atoms with Crippen molar-refractivity contribution in [3.05, 3.63) is 83.8 Å². The monoisotopic (exact) mass is 820 g/mol. The van der Waals surface area contributed by atoms with Gasteiger partial charge in [-0.05, 0) is 50.0 Å². The molecule has 0 spiro atoms. The van der Waals surface area contributed by atoms with Gasteiger partial charge in [0, 0.05) is 35.9 Å². The van der Waals surface area contributed by atoms with Gasteiger partial charge in [-0.1, -0.05) is 40.5 Å². The first-order valence-electron chi connectivity index (χ1n) is 18.0. The number of nitriles is 2. The zero-order valence-electron chi connectivity index (χ0n) is 31.1. The van der Waals surface area contributed by atoms with Crippen molar-refractivity contribution in [3.8, 4) is 12.1 Å². The van der Waals surface area contributed by atoms with E-state index in [9.17, 15) is 20.1 Å². The summed E-state index contributed by atoms with van der Waals surface area (Å²) in [5.41, 5.74) is 4.21. The van der Waals surface area contributed by atoms with Crippen molar-refractivity contribution >= 4 is 121 Å². The largest absolute Gasteiger partial charge is 0.337 e.